The quantitative estimate of drug-likeness (QED) is 0.883. The molecule has 28 heavy (non-hydrogen) atoms. The SMILES string of the molecule is Cc1ccn(C(C)c2ccccc2)c(=O)c1C(=O)N1CCOC2(CCNC2)C1. The van der Waals surface area contributed by atoms with Gasteiger partial charge in [0.05, 0.1) is 24.8 Å². The molecule has 0 bridgehead atoms. The number of rotatable bonds is 3. The van der Waals surface area contributed by atoms with Gasteiger partial charge in [0.15, 0.2) is 0 Å². The normalized spacial score (nSPS) is 23.1. The van der Waals surface area contributed by atoms with Crippen LogP contribution in [0.4, 0.5) is 0 Å². The molecule has 4 rings (SSSR count). The van der Waals surface area contributed by atoms with Crippen LogP contribution in [0.5, 0.6) is 0 Å². The highest BCUT2D eigenvalue weighted by atomic mass is 16.5. The monoisotopic (exact) mass is 381 g/mol. The van der Waals surface area contributed by atoms with Gasteiger partial charge in [0.1, 0.15) is 5.56 Å². The van der Waals surface area contributed by atoms with Crippen LogP contribution in [-0.4, -0.2) is 53.8 Å². The molecule has 0 radical (unpaired) electrons. The molecule has 2 saturated heterocycles. The number of hydrogen-bond donors (Lipinski definition) is 1. The zero-order valence-corrected chi connectivity index (χ0v) is 16.5. The Labute approximate surface area is 165 Å². The van der Waals surface area contributed by atoms with Crippen molar-refractivity contribution in [1.82, 2.24) is 14.8 Å². The number of morpholine rings is 1. The molecule has 1 aromatic carbocycles. The van der Waals surface area contributed by atoms with E-state index in [1.54, 1.807) is 15.7 Å². The number of carbonyl (C=O) groups is 1. The van der Waals surface area contributed by atoms with E-state index >= 15 is 0 Å². The highest BCUT2D eigenvalue weighted by Gasteiger charge is 2.41. The molecule has 1 spiro atoms. The van der Waals surface area contributed by atoms with Gasteiger partial charge in [-0.25, -0.2) is 0 Å². The topological polar surface area (TPSA) is 63.6 Å². The van der Waals surface area contributed by atoms with E-state index in [-0.39, 0.29) is 28.7 Å². The van der Waals surface area contributed by atoms with Crippen LogP contribution in [0.1, 0.15) is 40.9 Å². The average molecular weight is 381 g/mol. The summed E-state index contributed by atoms with van der Waals surface area (Å²) in [6, 6.07) is 11.6. The number of pyridine rings is 1. The van der Waals surface area contributed by atoms with Crippen molar-refractivity contribution < 1.29 is 9.53 Å². The van der Waals surface area contributed by atoms with E-state index in [0.717, 1.165) is 30.6 Å². The molecule has 0 aliphatic carbocycles. The summed E-state index contributed by atoms with van der Waals surface area (Å²) >= 11 is 0. The summed E-state index contributed by atoms with van der Waals surface area (Å²) in [5.74, 6) is -0.188. The third-order valence-electron chi connectivity index (χ3n) is 5.98. The summed E-state index contributed by atoms with van der Waals surface area (Å²) in [6.07, 6.45) is 2.67. The average Bonchev–Trinajstić information content (AvgIpc) is 3.15. The molecule has 3 heterocycles. The minimum absolute atomic E-state index is 0.143. The van der Waals surface area contributed by atoms with Gasteiger partial charge in [-0.1, -0.05) is 30.3 Å². The molecule has 148 valence electrons. The third-order valence-corrected chi connectivity index (χ3v) is 5.98. The lowest BCUT2D eigenvalue weighted by molar-refractivity contribution is -0.0867. The van der Waals surface area contributed by atoms with Gasteiger partial charge >= 0.3 is 0 Å². The van der Waals surface area contributed by atoms with Crippen molar-refractivity contribution in [3.8, 4) is 0 Å². The Morgan fingerprint density at radius 2 is 2.04 bits per heavy atom. The zero-order valence-electron chi connectivity index (χ0n) is 16.5. The lowest BCUT2D eigenvalue weighted by Gasteiger charge is -2.40. The first-order chi connectivity index (χ1) is 13.5. The van der Waals surface area contributed by atoms with Crippen LogP contribution in [0.2, 0.25) is 0 Å². The molecule has 2 aliphatic rings. The second-order valence-corrected chi connectivity index (χ2v) is 7.86. The second kappa shape index (κ2) is 7.53. The zero-order chi connectivity index (χ0) is 19.7. The van der Waals surface area contributed by atoms with Crippen LogP contribution in [0, 0.1) is 6.92 Å². The number of aromatic nitrogens is 1. The molecule has 1 N–H and O–H groups in total. The first kappa shape index (κ1) is 18.9. The molecule has 2 fully saturated rings. The molecule has 1 amide bonds. The summed E-state index contributed by atoms with van der Waals surface area (Å²) in [5, 5.41) is 3.32. The van der Waals surface area contributed by atoms with Gasteiger partial charge in [0.2, 0.25) is 0 Å². The highest BCUT2D eigenvalue weighted by Crippen LogP contribution is 2.26. The van der Waals surface area contributed by atoms with Crippen molar-refractivity contribution in [2.24, 2.45) is 0 Å². The Morgan fingerprint density at radius 1 is 1.25 bits per heavy atom. The predicted molar refractivity (Wildman–Crippen MR) is 108 cm³/mol. The van der Waals surface area contributed by atoms with Crippen molar-refractivity contribution >= 4 is 5.91 Å². The van der Waals surface area contributed by atoms with E-state index in [2.05, 4.69) is 5.32 Å². The van der Waals surface area contributed by atoms with Gasteiger partial charge in [0, 0.05) is 19.3 Å². The number of amides is 1. The van der Waals surface area contributed by atoms with Crippen LogP contribution in [0.3, 0.4) is 0 Å². The van der Waals surface area contributed by atoms with Crippen LogP contribution >= 0.6 is 0 Å². The fourth-order valence-electron chi connectivity index (χ4n) is 4.25. The van der Waals surface area contributed by atoms with Gasteiger partial charge in [0.25, 0.3) is 11.5 Å². The number of carbonyl (C=O) groups excluding carboxylic acids is 1. The molecular weight excluding hydrogens is 354 g/mol. The summed E-state index contributed by atoms with van der Waals surface area (Å²) in [6.45, 7) is 7.01. The lowest BCUT2D eigenvalue weighted by atomic mass is 9.99. The van der Waals surface area contributed by atoms with Crippen LogP contribution in [0.25, 0.3) is 0 Å². The van der Waals surface area contributed by atoms with Crippen LogP contribution in [0.15, 0.2) is 47.4 Å². The van der Waals surface area contributed by atoms with E-state index in [1.807, 2.05) is 50.2 Å². The first-order valence-electron chi connectivity index (χ1n) is 9.91. The summed E-state index contributed by atoms with van der Waals surface area (Å²) in [5.41, 5.74) is 1.48. The van der Waals surface area contributed by atoms with Crippen molar-refractivity contribution in [3.05, 3.63) is 69.6 Å². The predicted octanol–water partition coefficient (Wildman–Crippen LogP) is 1.97. The Balaban J connectivity index is 1.66. The number of nitrogens with one attached hydrogen (secondary N) is 1. The highest BCUT2D eigenvalue weighted by molar-refractivity contribution is 5.95. The van der Waals surface area contributed by atoms with Crippen LogP contribution in [-0.2, 0) is 4.74 Å². The van der Waals surface area contributed by atoms with Crippen molar-refractivity contribution in [2.75, 3.05) is 32.8 Å². The maximum absolute atomic E-state index is 13.3. The lowest BCUT2D eigenvalue weighted by Crippen LogP contribution is -2.55. The second-order valence-electron chi connectivity index (χ2n) is 7.86. The summed E-state index contributed by atoms with van der Waals surface area (Å²) in [7, 11) is 0. The molecule has 6 nitrogen and oxygen atoms in total. The van der Waals surface area contributed by atoms with E-state index in [1.165, 1.54) is 0 Å². The first-order valence-corrected chi connectivity index (χ1v) is 9.91. The molecule has 1 aromatic heterocycles. The van der Waals surface area contributed by atoms with Crippen molar-refractivity contribution in [3.63, 3.8) is 0 Å². The number of benzene rings is 1. The minimum Gasteiger partial charge on any atom is -0.370 e. The molecular formula is C22H27N3O3. The van der Waals surface area contributed by atoms with Gasteiger partial charge in [-0.2, -0.15) is 0 Å². The number of nitrogens with zero attached hydrogens (tertiary/aromatic N) is 2. The molecule has 2 aliphatic heterocycles. The number of hydrogen-bond acceptors (Lipinski definition) is 4. The number of aryl methyl sites for hydroxylation is 1. The molecule has 6 heteroatoms. The Morgan fingerprint density at radius 3 is 2.75 bits per heavy atom. The molecule has 2 aromatic rings. The summed E-state index contributed by atoms with van der Waals surface area (Å²) in [4.78, 5) is 28.4. The smallest absolute Gasteiger partial charge is 0.264 e. The van der Waals surface area contributed by atoms with Crippen molar-refractivity contribution in [1.29, 1.82) is 0 Å². The molecule has 2 atom stereocenters. The Bertz CT molecular complexity index is 916. The summed E-state index contributed by atoms with van der Waals surface area (Å²) < 4.78 is 7.64. The fraction of sp³-hybridized carbons (Fsp3) is 0.455. The largest absolute Gasteiger partial charge is 0.370 e. The Hall–Kier alpha value is -2.44. The number of ether oxygens (including phenoxy) is 1. The van der Waals surface area contributed by atoms with E-state index in [0.29, 0.717) is 19.7 Å². The van der Waals surface area contributed by atoms with Gasteiger partial charge < -0.3 is 19.5 Å². The standard InChI is InChI=1S/C22H27N3O3/c1-16-8-11-25(17(2)18-6-4-3-5-7-18)21(27)19(16)20(26)24-12-13-28-22(15-24)9-10-23-14-22/h3-8,11,17,23H,9-10,12-15H2,1-2H3. The van der Waals surface area contributed by atoms with Crippen LogP contribution < -0.4 is 10.9 Å². The third kappa shape index (κ3) is 3.38. The maximum atomic E-state index is 13.3. The van der Waals surface area contributed by atoms with Gasteiger partial charge in [-0.15, -0.1) is 0 Å². The molecule has 2 unspecified atom stereocenters. The van der Waals surface area contributed by atoms with E-state index in [4.69, 9.17) is 4.74 Å². The van der Waals surface area contributed by atoms with Crippen molar-refractivity contribution in [2.45, 2.75) is 31.9 Å². The fourth-order valence-corrected chi connectivity index (χ4v) is 4.25. The molecule has 0 saturated carbocycles. The van der Waals surface area contributed by atoms with E-state index < -0.39 is 0 Å². The maximum Gasteiger partial charge on any atom is 0.264 e. The van der Waals surface area contributed by atoms with Gasteiger partial charge in [-0.05, 0) is 44.0 Å². The van der Waals surface area contributed by atoms with Gasteiger partial charge in [-0.3, -0.25) is 9.59 Å². The minimum atomic E-state index is -0.313. The Kier molecular flexibility index (Phi) is 5.08. The van der Waals surface area contributed by atoms with E-state index in [9.17, 15) is 9.59 Å².